The van der Waals surface area contributed by atoms with Crippen molar-refractivity contribution in [2.45, 2.75) is 142 Å². The molecule has 0 saturated heterocycles. The molecule has 4 rings (SSSR count). The molecule has 0 aliphatic heterocycles. The van der Waals surface area contributed by atoms with Gasteiger partial charge in [0.25, 0.3) is 0 Å². The van der Waals surface area contributed by atoms with Gasteiger partial charge >= 0.3 is 0 Å². The van der Waals surface area contributed by atoms with E-state index in [0.717, 1.165) is 45.2 Å². The molecule has 2 unspecified atom stereocenters. The van der Waals surface area contributed by atoms with Crippen LogP contribution in [0.2, 0.25) is 0 Å². The molecule has 4 nitrogen and oxygen atoms in total. The molecule has 4 fully saturated rings. The van der Waals surface area contributed by atoms with Crippen LogP contribution in [0.5, 0.6) is 0 Å². The van der Waals surface area contributed by atoms with Crippen LogP contribution in [0.15, 0.2) is 0 Å². The Morgan fingerprint density at radius 2 is 1.56 bits per heavy atom. The smallest absolute Gasteiger partial charge is 0.0602 e. The number of rotatable bonds is 12. The van der Waals surface area contributed by atoms with Gasteiger partial charge in [-0.3, -0.25) is 0 Å². The average molecular weight is 506 g/mol. The molecular weight excluding hydrogens is 446 g/mol. The highest BCUT2D eigenvalue weighted by Crippen LogP contribution is 2.68. The average Bonchev–Trinajstić information content (AvgIpc) is 3.20. The molecular formula is C32H59NO3. The summed E-state index contributed by atoms with van der Waals surface area (Å²) >= 11 is 0. The number of nitrogens with one attached hydrogen (secondary N) is 1. The van der Waals surface area contributed by atoms with Gasteiger partial charge < -0.3 is 20.6 Å². The predicted octanol–water partition coefficient (Wildman–Crippen LogP) is 6.31. The monoisotopic (exact) mass is 505 g/mol. The van der Waals surface area contributed by atoms with E-state index >= 15 is 0 Å². The highest BCUT2D eigenvalue weighted by Gasteiger charge is 2.65. The maximum atomic E-state index is 11.7. The van der Waals surface area contributed by atoms with Crippen LogP contribution in [-0.2, 0) is 0 Å². The third-order valence-electron chi connectivity index (χ3n) is 12.2. The van der Waals surface area contributed by atoms with Gasteiger partial charge in [-0.25, -0.2) is 0 Å². The molecule has 0 heterocycles. The van der Waals surface area contributed by atoms with Crippen molar-refractivity contribution in [2.24, 2.45) is 46.3 Å². The van der Waals surface area contributed by atoms with Crippen LogP contribution >= 0.6 is 0 Å². The summed E-state index contributed by atoms with van der Waals surface area (Å²) in [7, 11) is 0. The van der Waals surface area contributed by atoms with Gasteiger partial charge in [-0.05, 0) is 124 Å². The van der Waals surface area contributed by atoms with E-state index in [1.807, 2.05) is 0 Å². The van der Waals surface area contributed by atoms with Crippen molar-refractivity contribution >= 4 is 0 Å². The van der Waals surface area contributed by atoms with Gasteiger partial charge in [-0.1, -0.05) is 59.8 Å². The molecule has 0 radical (unpaired) electrons. The molecule has 0 aromatic carbocycles. The van der Waals surface area contributed by atoms with Crippen LogP contribution in [0.25, 0.3) is 0 Å². The van der Waals surface area contributed by atoms with Crippen molar-refractivity contribution in [2.75, 3.05) is 13.1 Å². The number of unbranched alkanes of at least 4 members (excludes halogenated alkanes) is 5. The fourth-order valence-corrected chi connectivity index (χ4v) is 10.0. The number of fused-ring (bicyclic) bond motifs is 5. The number of hydrogen-bond acceptors (Lipinski definition) is 4. The molecule has 0 amide bonds. The molecule has 11 atom stereocenters. The highest BCUT2D eigenvalue weighted by atomic mass is 16.3. The topological polar surface area (TPSA) is 72.7 Å². The maximum Gasteiger partial charge on any atom is 0.0602 e. The van der Waals surface area contributed by atoms with E-state index in [1.54, 1.807) is 0 Å². The molecule has 0 aromatic heterocycles. The molecule has 4 N–H and O–H groups in total. The Hall–Kier alpha value is -0.160. The summed E-state index contributed by atoms with van der Waals surface area (Å²) in [6.45, 7) is 11.8. The lowest BCUT2D eigenvalue weighted by Gasteiger charge is -2.63. The summed E-state index contributed by atoms with van der Waals surface area (Å²) in [5.41, 5.74) is 0.0989. The number of hydrogen-bond donors (Lipinski definition) is 4. The first-order chi connectivity index (χ1) is 17.2. The third kappa shape index (κ3) is 5.58. The minimum Gasteiger partial charge on any atom is -0.393 e. The molecule has 0 spiro atoms. The quantitative estimate of drug-likeness (QED) is 0.234. The van der Waals surface area contributed by atoms with Crippen molar-refractivity contribution in [3.63, 3.8) is 0 Å². The van der Waals surface area contributed by atoms with Crippen molar-refractivity contribution in [1.29, 1.82) is 0 Å². The van der Waals surface area contributed by atoms with Gasteiger partial charge in [-0.2, -0.15) is 0 Å². The van der Waals surface area contributed by atoms with Crippen molar-refractivity contribution < 1.29 is 15.3 Å². The van der Waals surface area contributed by atoms with Crippen molar-refractivity contribution in [3.05, 3.63) is 0 Å². The molecule has 0 aromatic rings. The van der Waals surface area contributed by atoms with Crippen LogP contribution in [0.1, 0.15) is 124 Å². The lowest BCUT2D eigenvalue weighted by molar-refractivity contribution is -0.207. The molecule has 36 heavy (non-hydrogen) atoms. The summed E-state index contributed by atoms with van der Waals surface area (Å²) in [5, 5.41) is 37.2. The first-order valence-electron chi connectivity index (χ1n) is 16.0. The molecule has 4 saturated carbocycles. The van der Waals surface area contributed by atoms with E-state index in [9.17, 15) is 15.3 Å². The van der Waals surface area contributed by atoms with Crippen LogP contribution in [0.4, 0.5) is 0 Å². The summed E-state index contributed by atoms with van der Waals surface area (Å²) in [4.78, 5) is 0. The fourth-order valence-electron chi connectivity index (χ4n) is 10.0. The Balaban J connectivity index is 1.30. The molecule has 4 aliphatic rings. The maximum absolute atomic E-state index is 11.7. The van der Waals surface area contributed by atoms with E-state index in [0.29, 0.717) is 35.5 Å². The van der Waals surface area contributed by atoms with Gasteiger partial charge in [0, 0.05) is 0 Å². The first-order valence-corrected chi connectivity index (χ1v) is 16.0. The van der Waals surface area contributed by atoms with E-state index in [4.69, 9.17) is 0 Å². The Labute approximate surface area is 222 Å². The fraction of sp³-hybridized carbons (Fsp3) is 1.00. The highest BCUT2D eigenvalue weighted by molar-refractivity contribution is 5.14. The SMILES string of the molecule is CCCCCCCCNCCCC(C)[C@H]1CC[C@H]2C3[C@H](O)C[C@@H]4C[C@H](O)CC[C@]4(C)[C@H]3C[C@H](O)[C@]12C. The van der Waals surface area contributed by atoms with Crippen LogP contribution < -0.4 is 5.32 Å². The second kappa shape index (κ2) is 12.3. The summed E-state index contributed by atoms with van der Waals surface area (Å²) < 4.78 is 0. The van der Waals surface area contributed by atoms with Crippen LogP contribution in [0, 0.1) is 46.3 Å². The summed E-state index contributed by atoms with van der Waals surface area (Å²) in [6.07, 6.45) is 16.7. The van der Waals surface area contributed by atoms with Gasteiger partial charge in [-0.15, -0.1) is 0 Å². The van der Waals surface area contributed by atoms with E-state index in [-0.39, 0.29) is 29.1 Å². The van der Waals surface area contributed by atoms with Gasteiger partial charge in [0.1, 0.15) is 0 Å². The first kappa shape index (κ1) is 28.8. The number of aliphatic hydroxyl groups excluding tert-OH is 3. The lowest BCUT2D eigenvalue weighted by atomic mass is 9.43. The second-order valence-electron chi connectivity index (χ2n) is 14.2. The Bertz CT molecular complexity index is 686. The zero-order valence-corrected chi connectivity index (χ0v) is 24.1. The van der Waals surface area contributed by atoms with Crippen LogP contribution in [-0.4, -0.2) is 46.7 Å². The van der Waals surface area contributed by atoms with Gasteiger partial charge in [0.15, 0.2) is 0 Å². The summed E-state index contributed by atoms with van der Waals surface area (Å²) in [5.74, 6) is 2.73. The molecule has 4 heteroatoms. The standard InChI is InChI=1S/C32H59NO3/c1-5-6-7-8-9-10-17-33-18-11-12-22(2)25-13-14-26-30-27(21-29(36)32(25,26)4)31(3)16-15-24(34)19-23(31)20-28(30)35/h22-30,33-36H,5-21H2,1-4H3/t22?,23-,24+,25+,26-,27-,28+,29-,30?,31-,32+/m0/s1. The van der Waals surface area contributed by atoms with Crippen molar-refractivity contribution in [1.82, 2.24) is 5.32 Å². The largest absolute Gasteiger partial charge is 0.393 e. The lowest BCUT2D eigenvalue weighted by Crippen LogP contribution is -2.62. The van der Waals surface area contributed by atoms with Crippen molar-refractivity contribution in [3.8, 4) is 0 Å². The van der Waals surface area contributed by atoms with E-state index in [1.165, 1.54) is 64.2 Å². The molecule has 210 valence electrons. The molecule has 0 bridgehead atoms. The Morgan fingerprint density at radius 1 is 0.833 bits per heavy atom. The van der Waals surface area contributed by atoms with Gasteiger partial charge in [0.2, 0.25) is 0 Å². The number of aliphatic hydroxyl groups is 3. The minimum atomic E-state index is -0.268. The normalized spacial score (nSPS) is 45.1. The Kier molecular flexibility index (Phi) is 9.89. The van der Waals surface area contributed by atoms with E-state index in [2.05, 4.69) is 33.0 Å². The zero-order chi connectivity index (χ0) is 25.9. The van der Waals surface area contributed by atoms with Crippen LogP contribution in [0.3, 0.4) is 0 Å². The van der Waals surface area contributed by atoms with E-state index < -0.39 is 0 Å². The second-order valence-corrected chi connectivity index (χ2v) is 14.2. The zero-order valence-electron chi connectivity index (χ0n) is 24.1. The third-order valence-corrected chi connectivity index (χ3v) is 12.2. The predicted molar refractivity (Wildman–Crippen MR) is 149 cm³/mol. The Morgan fingerprint density at radius 3 is 2.33 bits per heavy atom. The minimum absolute atomic E-state index is 0.0646. The summed E-state index contributed by atoms with van der Waals surface area (Å²) in [6, 6.07) is 0. The van der Waals surface area contributed by atoms with Gasteiger partial charge in [0.05, 0.1) is 18.3 Å². The molecule has 4 aliphatic carbocycles.